The minimum Gasteiger partial charge on any atom is -0.342 e. The summed E-state index contributed by atoms with van der Waals surface area (Å²) in [5.74, 6) is 1.13. The quantitative estimate of drug-likeness (QED) is 0.463. The van der Waals surface area contributed by atoms with E-state index in [0.29, 0.717) is 22.5 Å². The van der Waals surface area contributed by atoms with E-state index >= 15 is 0 Å². The van der Waals surface area contributed by atoms with Gasteiger partial charge in [-0.15, -0.1) is 10.2 Å². The fourth-order valence-corrected chi connectivity index (χ4v) is 4.26. The highest BCUT2D eigenvalue weighted by Gasteiger charge is 2.27. The van der Waals surface area contributed by atoms with Crippen LogP contribution in [-0.2, 0) is 4.79 Å². The number of benzene rings is 2. The average Bonchev–Trinajstić information content (AvgIpc) is 3.49. The second-order valence-electron chi connectivity index (χ2n) is 7.53. The third-order valence-corrected chi connectivity index (χ3v) is 6.02. The Bertz CT molecular complexity index is 1000. The van der Waals surface area contributed by atoms with E-state index in [2.05, 4.69) is 17.1 Å². The van der Waals surface area contributed by atoms with E-state index in [1.54, 1.807) is 18.2 Å². The lowest BCUT2D eigenvalue weighted by Gasteiger charge is -2.21. The maximum absolute atomic E-state index is 14.5. The molecule has 156 valence electrons. The normalized spacial score (nSPS) is 13.4. The summed E-state index contributed by atoms with van der Waals surface area (Å²) in [5, 5.41) is 9.15. The Morgan fingerprint density at radius 3 is 2.57 bits per heavy atom. The first kappa shape index (κ1) is 20.6. The monoisotopic (exact) mass is 424 g/mol. The molecule has 1 aliphatic carbocycles. The molecule has 0 saturated heterocycles. The maximum atomic E-state index is 14.5. The summed E-state index contributed by atoms with van der Waals surface area (Å²) in [6.07, 6.45) is 3.38. The van der Waals surface area contributed by atoms with E-state index < -0.39 is 0 Å². The van der Waals surface area contributed by atoms with Gasteiger partial charge < -0.3 is 4.90 Å². The molecule has 2 aromatic carbocycles. The molecule has 5 nitrogen and oxygen atoms in total. The molecule has 1 aromatic heterocycles. The molecule has 1 aliphatic rings. The van der Waals surface area contributed by atoms with Crippen LogP contribution in [0.4, 0.5) is 4.39 Å². The largest absolute Gasteiger partial charge is 0.342 e. The van der Waals surface area contributed by atoms with Crippen LogP contribution in [0.15, 0.2) is 59.8 Å². The number of amides is 1. The van der Waals surface area contributed by atoms with Crippen LogP contribution in [0.1, 0.15) is 26.2 Å². The van der Waals surface area contributed by atoms with E-state index in [9.17, 15) is 9.18 Å². The molecule has 0 bridgehead atoms. The zero-order valence-corrected chi connectivity index (χ0v) is 17.8. The molecule has 0 unspecified atom stereocenters. The molecule has 1 heterocycles. The predicted octanol–water partition coefficient (Wildman–Crippen LogP) is 4.81. The topological polar surface area (TPSA) is 51.0 Å². The highest BCUT2D eigenvalue weighted by Crippen LogP contribution is 2.31. The number of nitrogens with zero attached hydrogens (tertiary/aromatic N) is 4. The molecule has 0 radical (unpaired) electrons. The van der Waals surface area contributed by atoms with Crippen molar-refractivity contribution >= 4 is 17.7 Å². The van der Waals surface area contributed by atoms with E-state index in [4.69, 9.17) is 0 Å². The van der Waals surface area contributed by atoms with Gasteiger partial charge in [-0.2, -0.15) is 0 Å². The van der Waals surface area contributed by atoms with Crippen LogP contribution < -0.4 is 0 Å². The molecule has 1 fully saturated rings. The summed E-state index contributed by atoms with van der Waals surface area (Å²) in [4.78, 5) is 14.8. The summed E-state index contributed by atoms with van der Waals surface area (Å²) in [7, 11) is 0. The lowest BCUT2D eigenvalue weighted by Crippen LogP contribution is -2.35. The molecule has 0 N–H and O–H groups in total. The van der Waals surface area contributed by atoms with E-state index in [0.717, 1.165) is 25.2 Å². The van der Waals surface area contributed by atoms with Gasteiger partial charge in [-0.25, -0.2) is 4.39 Å². The smallest absolute Gasteiger partial charge is 0.233 e. The van der Waals surface area contributed by atoms with Crippen LogP contribution in [0.25, 0.3) is 17.1 Å². The molecule has 0 aliphatic heterocycles. The van der Waals surface area contributed by atoms with Crippen molar-refractivity contribution in [2.75, 3.05) is 18.8 Å². The van der Waals surface area contributed by atoms with Crippen LogP contribution >= 0.6 is 11.8 Å². The molecule has 7 heteroatoms. The number of para-hydroxylation sites is 1. The number of hydrogen-bond donors (Lipinski definition) is 0. The lowest BCUT2D eigenvalue weighted by molar-refractivity contribution is -0.128. The zero-order valence-electron chi connectivity index (χ0n) is 17.0. The van der Waals surface area contributed by atoms with Gasteiger partial charge in [-0.1, -0.05) is 49.0 Å². The molecule has 4 rings (SSSR count). The van der Waals surface area contributed by atoms with Gasteiger partial charge in [0.15, 0.2) is 11.0 Å². The number of halogens is 1. The lowest BCUT2D eigenvalue weighted by atomic mass is 10.2. The minimum absolute atomic E-state index is 0.115. The van der Waals surface area contributed by atoms with E-state index in [-0.39, 0.29) is 17.5 Å². The average molecular weight is 425 g/mol. The second kappa shape index (κ2) is 9.43. The summed E-state index contributed by atoms with van der Waals surface area (Å²) >= 11 is 1.35. The Morgan fingerprint density at radius 1 is 1.13 bits per heavy atom. The standard InChI is InChI=1S/C23H25FN4OS/c1-2-14-27(15-17-12-13-17)21(29)16-30-23-26-25-22(19-10-6-7-11-20(19)24)28(23)18-8-4-3-5-9-18/h3-11,17H,2,12-16H2,1H3. The van der Waals surface area contributed by atoms with Gasteiger partial charge in [-0.05, 0) is 49.4 Å². The molecule has 0 spiro atoms. The molecular weight excluding hydrogens is 399 g/mol. The fourth-order valence-electron chi connectivity index (χ4n) is 3.41. The van der Waals surface area contributed by atoms with Crippen molar-refractivity contribution in [2.24, 2.45) is 5.92 Å². The van der Waals surface area contributed by atoms with E-state index in [1.807, 2.05) is 39.8 Å². The van der Waals surface area contributed by atoms with Crippen LogP contribution in [0.2, 0.25) is 0 Å². The first-order valence-electron chi connectivity index (χ1n) is 10.3. The Balaban J connectivity index is 1.60. The highest BCUT2D eigenvalue weighted by atomic mass is 32.2. The SMILES string of the molecule is CCCN(CC1CC1)C(=O)CSc1nnc(-c2ccccc2F)n1-c1ccccc1. The third kappa shape index (κ3) is 4.73. The number of thioether (sulfide) groups is 1. The van der Waals surface area contributed by atoms with Crippen molar-refractivity contribution in [2.45, 2.75) is 31.3 Å². The Morgan fingerprint density at radius 2 is 1.87 bits per heavy atom. The van der Waals surface area contributed by atoms with Gasteiger partial charge in [-0.3, -0.25) is 9.36 Å². The fraction of sp³-hybridized carbons (Fsp3) is 0.348. The van der Waals surface area contributed by atoms with Crippen LogP contribution in [0.5, 0.6) is 0 Å². The number of carbonyl (C=O) groups is 1. The van der Waals surface area contributed by atoms with Crippen molar-refractivity contribution in [3.8, 4) is 17.1 Å². The molecular formula is C23H25FN4OS. The zero-order chi connectivity index (χ0) is 20.9. The van der Waals surface area contributed by atoms with Crippen molar-refractivity contribution in [3.63, 3.8) is 0 Å². The van der Waals surface area contributed by atoms with Gasteiger partial charge in [0, 0.05) is 18.8 Å². The maximum Gasteiger partial charge on any atom is 0.233 e. The number of rotatable bonds is 9. The molecule has 0 atom stereocenters. The summed E-state index contributed by atoms with van der Waals surface area (Å²) < 4.78 is 16.3. The van der Waals surface area contributed by atoms with Crippen LogP contribution in [0.3, 0.4) is 0 Å². The van der Waals surface area contributed by atoms with Crippen molar-refractivity contribution < 1.29 is 9.18 Å². The molecule has 30 heavy (non-hydrogen) atoms. The second-order valence-corrected chi connectivity index (χ2v) is 8.47. The van der Waals surface area contributed by atoms with Gasteiger partial charge in [0.25, 0.3) is 0 Å². The summed E-state index contributed by atoms with van der Waals surface area (Å²) in [6, 6.07) is 16.1. The van der Waals surface area contributed by atoms with Crippen LogP contribution in [0, 0.1) is 11.7 Å². The molecule has 1 amide bonds. The summed E-state index contributed by atoms with van der Waals surface area (Å²) in [6.45, 7) is 3.72. The first-order chi connectivity index (χ1) is 14.7. The first-order valence-corrected chi connectivity index (χ1v) is 11.3. The van der Waals surface area contributed by atoms with Gasteiger partial charge in [0.05, 0.1) is 11.3 Å². The minimum atomic E-state index is -0.353. The van der Waals surface area contributed by atoms with Crippen molar-refractivity contribution in [1.29, 1.82) is 0 Å². The van der Waals surface area contributed by atoms with Crippen molar-refractivity contribution in [3.05, 3.63) is 60.4 Å². The Labute approximate surface area is 180 Å². The van der Waals surface area contributed by atoms with Crippen molar-refractivity contribution in [1.82, 2.24) is 19.7 Å². The summed E-state index contributed by atoms with van der Waals surface area (Å²) in [5.41, 5.74) is 1.22. The van der Waals surface area contributed by atoms with Gasteiger partial charge in [0.2, 0.25) is 5.91 Å². The molecule has 3 aromatic rings. The third-order valence-electron chi connectivity index (χ3n) is 5.11. The molecule has 1 saturated carbocycles. The highest BCUT2D eigenvalue weighted by molar-refractivity contribution is 7.99. The number of aromatic nitrogens is 3. The Hall–Kier alpha value is -2.67. The predicted molar refractivity (Wildman–Crippen MR) is 117 cm³/mol. The van der Waals surface area contributed by atoms with Crippen LogP contribution in [-0.4, -0.2) is 44.4 Å². The number of carbonyl (C=O) groups excluding carboxylic acids is 1. The van der Waals surface area contributed by atoms with E-state index in [1.165, 1.54) is 30.7 Å². The number of hydrogen-bond acceptors (Lipinski definition) is 4. The van der Waals surface area contributed by atoms with Gasteiger partial charge >= 0.3 is 0 Å². The van der Waals surface area contributed by atoms with Gasteiger partial charge in [0.1, 0.15) is 5.82 Å². The Kier molecular flexibility index (Phi) is 6.47.